The van der Waals surface area contributed by atoms with Gasteiger partial charge >= 0.3 is 5.97 Å². The Hall–Kier alpha value is -2.17. The molecule has 100 valence electrons. The molecule has 5 heteroatoms. The fraction of sp³-hybridized carbons (Fsp3) is 0.286. The summed E-state index contributed by atoms with van der Waals surface area (Å²) < 4.78 is 15.4. The maximum absolute atomic E-state index is 13.6. The number of aryl methyl sites for hydroxylation is 1. The number of halogens is 1. The van der Waals surface area contributed by atoms with Gasteiger partial charge in [-0.3, -0.25) is 4.68 Å². The average molecular weight is 262 g/mol. The number of carboxylic acids is 1. The molecule has 0 saturated carbocycles. The first-order valence-corrected chi connectivity index (χ1v) is 5.92. The minimum absolute atomic E-state index is 0.312. The molecule has 0 bridgehead atoms. The molecular formula is C14H15FN2O2. The standard InChI is InChI=1S/C14H15FN2O2/c1-8-9(2)16-17(10(8)3)7-11-4-5-12(14(18)19)13(15)6-11/h4-6H,7H2,1-3H3,(H,18,19). The van der Waals surface area contributed by atoms with Crippen molar-refractivity contribution >= 4 is 5.97 Å². The Labute approximate surface area is 110 Å². The van der Waals surface area contributed by atoms with Crippen LogP contribution in [-0.2, 0) is 6.54 Å². The molecule has 1 aromatic carbocycles. The summed E-state index contributed by atoms with van der Waals surface area (Å²) in [4.78, 5) is 10.7. The number of hydrogen-bond donors (Lipinski definition) is 1. The van der Waals surface area contributed by atoms with Crippen molar-refractivity contribution in [1.29, 1.82) is 0 Å². The molecule has 2 aromatic rings. The second-order valence-corrected chi connectivity index (χ2v) is 4.57. The van der Waals surface area contributed by atoms with Crippen LogP contribution in [0.4, 0.5) is 4.39 Å². The number of carbonyl (C=O) groups is 1. The van der Waals surface area contributed by atoms with Crippen LogP contribution in [0.25, 0.3) is 0 Å². The van der Waals surface area contributed by atoms with Crippen LogP contribution in [0.15, 0.2) is 18.2 Å². The van der Waals surface area contributed by atoms with Gasteiger partial charge in [-0.2, -0.15) is 5.10 Å². The van der Waals surface area contributed by atoms with Crippen LogP contribution < -0.4 is 0 Å². The highest BCUT2D eigenvalue weighted by atomic mass is 19.1. The molecule has 0 radical (unpaired) electrons. The maximum Gasteiger partial charge on any atom is 0.338 e. The van der Waals surface area contributed by atoms with Crippen LogP contribution in [0, 0.1) is 26.6 Å². The Morgan fingerprint density at radius 1 is 1.37 bits per heavy atom. The molecule has 0 aliphatic carbocycles. The lowest BCUT2D eigenvalue weighted by Crippen LogP contribution is -2.06. The average Bonchev–Trinajstić information content (AvgIpc) is 2.57. The van der Waals surface area contributed by atoms with Gasteiger partial charge in [0.15, 0.2) is 0 Å². The van der Waals surface area contributed by atoms with Crippen LogP contribution in [-0.4, -0.2) is 20.9 Å². The largest absolute Gasteiger partial charge is 0.478 e. The molecule has 0 aliphatic rings. The molecule has 0 fully saturated rings. The number of carboxylic acid groups (broad SMARTS) is 1. The van der Waals surface area contributed by atoms with Crippen molar-refractivity contribution in [3.8, 4) is 0 Å². The monoisotopic (exact) mass is 262 g/mol. The highest BCUT2D eigenvalue weighted by Crippen LogP contribution is 2.15. The van der Waals surface area contributed by atoms with E-state index in [1.807, 2.05) is 20.8 Å². The second kappa shape index (κ2) is 4.84. The van der Waals surface area contributed by atoms with E-state index >= 15 is 0 Å². The van der Waals surface area contributed by atoms with E-state index in [0.29, 0.717) is 12.1 Å². The molecule has 0 saturated heterocycles. The van der Waals surface area contributed by atoms with Gasteiger partial charge in [-0.1, -0.05) is 6.07 Å². The Balaban J connectivity index is 2.31. The fourth-order valence-electron chi connectivity index (χ4n) is 1.94. The van der Waals surface area contributed by atoms with Gasteiger partial charge in [-0.25, -0.2) is 9.18 Å². The topological polar surface area (TPSA) is 55.1 Å². The van der Waals surface area contributed by atoms with E-state index in [1.54, 1.807) is 10.7 Å². The summed E-state index contributed by atoms with van der Waals surface area (Å²) in [6.07, 6.45) is 0. The van der Waals surface area contributed by atoms with Gasteiger partial charge in [0.25, 0.3) is 0 Å². The molecule has 0 atom stereocenters. The lowest BCUT2D eigenvalue weighted by atomic mass is 10.1. The van der Waals surface area contributed by atoms with Gasteiger partial charge in [0, 0.05) is 5.69 Å². The minimum Gasteiger partial charge on any atom is -0.478 e. The summed E-state index contributed by atoms with van der Waals surface area (Å²) in [7, 11) is 0. The van der Waals surface area contributed by atoms with Crippen LogP contribution in [0.1, 0.15) is 32.9 Å². The van der Waals surface area contributed by atoms with Crippen LogP contribution >= 0.6 is 0 Å². The van der Waals surface area contributed by atoms with Crippen LogP contribution in [0.3, 0.4) is 0 Å². The SMILES string of the molecule is Cc1nn(Cc2ccc(C(=O)O)c(F)c2)c(C)c1C. The van der Waals surface area contributed by atoms with Gasteiger partial charge in [0.2, 0.25) is 0 Å². The molecule has 1 aromatic heterocycles. The van der Waals surface area contributed by atoms with E-state index in [0.717, 1.165) is 17.0 Å². The molecule has 0 aliphatic heterocycles. The predicted molar refractivity (Wildman–Crippen MR) is 68.9 cm³/mol. The summed E-state index contributed by atoms with van der Waals surface area (Å²) in [6.45, 7) is 6.30. The summed E-state index contributed by atoms with van der Waals surface area (Å²) in [5, 5.41) is 13.1. The zero-order chi connectivity index (χ0) is 14.2. The van der Waals surface area contributed by atoms with E-state index in [2.05, 4.69) is 5.10 Å². The number of benzene rings is 1. The molecule has 2 rings (SSSR count). The molecular weight excluding hydrogens is 247 g/mol. The molecule has 19 heavy (non-hydrogen) atoms. The Morgan fingerprint density at radius 3 is 2.53 bits per heavy atom. The third kappa shape index (κ3) is 2.50. The van der Waals surface area contributed by atoms with Crippen molar-refractivity contribution in [2.75, 3.05) is 0 Å². The Morgan fingerprint density at radius 2 is 2.05 bits per heavy atom. The van der Waals surface area contributed by atoms with E-state index in [9.17, 15) is 9.18 Å². The summed E-state index contributed by atoms with van der Waals surface area (Å²) in [6, 6.07) is 4.14. The zero-order valence-corrected chi connectivity index (χ0v) is 11.1. The number of aromatic carboxylic acids is 1. The quantitative estimate of drug-likeness (QED) is 0.925. The lowest BCUT2D eigenvalue weighted by molar-refractivity contribution is 0.0692. The molecule has 4 nitrogen and oxygen atoms in total. The molecule has 0 spiro atoms. The van der Waals surface area contributed by atoms with E-state index in [4.69, 9.17) is 5.11 Å². The van der Waals surface area contributed by atoms with Gasteiger partial charge in [0.05, 0.1) is 17.8 Å². The summed E-state index contributed by atoms with van der Waals surface area (Å²) in [5.74, 6) is -1.98. The third-order valence-corrected chi connectivity index (χ3v) is 3.34. The first kappa shape index (κ1) is 13.3. The van der Waals surface area contributed by atoms with Crippen molar-refractivity contribution in [3.63, 3.8) is 0 Å². The van der Waals surface area contributed by atoms with Gasteiger partial charge < -0.3 is 5.11 Å². The summed E-state index contributed by atoms with van der Waals surface area (Å²) >= 11 is 0. The fourth-order valence-corrected chi connectivity index (χ4v) is 1.94. The Bertz CT molecular complexity index is 647. The minimum atomic E-state index is -1.26. The van der Waals surface area contributed by atoms with Crippen molar-refractivity contribution < 1.29 is 14.3 Å². The van der Waals surface area contributed by atoms with Gasteiger partial charge in [-0.05, 0) is 44.0 Å². The predicted octanol–water partition coefficient (Wildman–Crippen LogP) is 2.69. The number of rotatable bonds is 3. The Kier molecular flexibility index (Phi) is 3.38. The highest BCUT2D eigenvalue weighted by molar-refractivity contribution is 5.87. The smallest absolute Gasteiger partial charge is 0.338 e. The van der Waals surface area contributed by atoms with Crippen LogP contribution in [0.2, 0.25) is 0 Å². The number of aromatic nitrogens is 2. The molecule has 1 heterocycles. The lowest BCUT2D eigenvalue weighted by Gasteiger charge is -2.06. The van der Waals surface area contributed by atoms with Gasteiger partial charge in [-0.15, -0.1) is 0 Å². The highest BCUT2D eigenvalue weighted by Gasteiger charge is 2.12. The zero-order valence-electron chi connectivity index (χ0n) is 11.1. The normalized spacial score (nSPS) is 10.7. The number of hydrogen-bond acceptors (Lipinski definition) is 2. The molecule has 0 amide bonds. The number of nitrogens with zero attached hydrogens (tertiary/aromatic N) is 2. The van der Waals surface area contributed by atoms with E-state index < -0.39 is 11.8 Å². The maximum atomic E-state index is 13.6. The molecule has 1 N–H and O–H groups in total. The summed E-state index contributed by atoms with van der Waals surface area (Å²) in [5.41, 5.74) is 3.46. The first-order valence-electron chi connectivity index (χ1n) is 5.92. The second-order valence-electron chi connectivity index (χ2n) is 4.57. The third-order valence-electron chi connectivity index (χ3n) is 3.34. The van der Waals surface area contributed by atoms with Crippen LogP contribution in [0.5, 0.6) is 0 Å². The van der Waals surface area contributed by atoms with E-state index in [-0.39, 0.29) is 5.56 Å². The van der Waals surface area contributed by atoms with Crippen molar-refractivity contribution in [2.24, 2.45) is 0 Å². The van der Waals surface area contributed by atoms with Crippen molar-refractivity contribution in [3.05, 3.63) is 52.1 Å². The van der Waals surface area contributed by atoms with Crippen molar-refractivity contribution in [1.82, 2.24) is 9.78 Å². The van der Waals surface area contributed by atoms with Gasteiger partial charge in [0.1, 0.15) is 5.82 Å². The van der Waals surface area contributed by atoms with E-state index in [1.165, 1.54) is 12.1 Å². The molecule has 0 unspecified atom stereocenters. The van der Waals surface area contributed by atoms with Crippen molar-refractivity contribution in [2.45, 2.75) is 27.3 Å². The first-order chi connectivity index (χ1) is 8.90.